The second-order valence-electron chi connectivity index (χ2n) is 33.1. The highest BCUT2D eigenvalue weighted by Gasteiger charge is 2.36. The van der Waals surface area contributed by atoms with Crippen molar-refractivity contribution >= 4 is 104 Å². The van der Waals surface area contributed by atoms with Crippen LogP contribution < -0.4 is 30.9 Å². The Kier molecular flexibility index (Phi) is 33.7. The van der Waals surface area contributed by atoms with Gasteiger partial charge in [-0.25, -0.2) is 18.6 Å². The topological polar surface area (TPSA) is 255 Å². The number of rotatable bonds is 28. The number of nitrogens with one attached hydrogen (secondary N) is 4. The Bertz CT molecular complexity index is 6030. The molecule has 0 bridgehead atoms. The summed E-state index contributed by atoms with van der Waals surface area (Å²) in [4.78, 5) is 121. The van der Waals surface area contributed by atoms with Crippen molar-refractivity contribution in [1.29, 1.82) is 0 Å². The molecule has 0 atom stereocenters. The van der Waals surface area contributed by atoms with Gasteiger partial charge in [0.2, 0.25) is 5.91 Å². The lowest BCUT2D eigenvalue weighted by molar-refractivity contribution is -0.137. The van der Waals surface area contributed by atoms with Crippen LogP contribution in [0.1, 0.15) is 168 Å². The lowest BCUT2D eigenvalue weighted by atomic mass is 9.87. The van der Waals surface area contributed by atoms with Crippen LogP contribution in [0.15, 0.2) is 235 Å². The monoisotopic (exact) mass is 1800 g/mol. The maximum atomic E-state index is 14.5. The molecular weight excluding hydrogens is 1690 g/mol. The summed E-state index contributed by atoms with van der Waals surface area (Å²) in [7, 11) is 5.24. The number of fused-ring (bicyclic) bond motifs is 3. The number of piperazine rings is 1. The highest BCUT2D eigenvalue weighted by atomic mass is 35.5. The summed E-state index contributed by atoms with van der Waals surface area (Å²) in [6.07, 6.45) is 6.07. The number of halogens is 6. The van der Waals surface area contributed by atoms with Gasteiger partial charge in [-0.2, -0.15) is 13.2 Å². The van der Waals surface area contributed by atoms with Crippen molar-refractivity contribution in [3.63, 3.8) is 0 Å². The van der Waals surface area contributed by atoms with Crippen LogP contribution in [0.25, 0.3) is 16.8 Å². The standard InChI is InChI=1S/C32H34N4O4.C25H30FNO2.C24H18ClF4NO3.C22H23N5O.CH4/c1-34-15-17-36(18-16-34)21-29(38)35(2)26-12-10-25(11-13-26)33-31(22-7-5-4-6-8-22)30-27-14-9-23(32(39)40-3)19-24(27)20-28(30)37;1-5-27(6-2)11-7-8-23(28)25-16(3)12-19(17(25)4)13-22-21-15-20(26)10-9-18(21)14-24(22)29;1-2-23(32)22-13-18(7-8-30-22)33-17-5-4-15(21(26)12-17)11-16(31)9-14-3-6-20(25)19(10-14)24(27,28)29;1-22(2)14-26-19-12-16(5-6-18(19)22)27-21(28)17-4-3-9-24-20(17)25-13-15-7-10-23-11-8-15;/h4-14,19,33H,15-18,20-21H2,1-3H3;9-10,13,15H,5-8,11-12,14H2,1-4H3;3-8,10,12-13H,2,9,11H2,1H3;3-12,26H,13-14H2,1-2H3,(H,24,25)(H,27,28);1H4/b31-30-;22-13-;;;. The number of alkyl halides is 3. The normalized spacial score (nSPS) is 15.0. The average molecular weight is 1800 g/mol. The van der Waals surface area contributed by atoms with E-state index in [0.29, 0.717) is 77.5 Å². The SMILES string of the molecule is C.CC1(C)CNc2cc(NC(=O)c3cccnc3NCc3ccncc3)ccc21.CCC(=O)c1cc(Oc2ccc(CC(=O)Cc3ccc(Cl)c(C(F)(F)F)c3)c(F)c2)ccn1.CCN(CC)CCCC(=O)C1=C(C)CC(/C=C2\C(=O)Cc3ccc(F)cc32)=C1C.COC(=O)c1ccc2c(c1)CC(=O)/C2=C(\Nc1ccc(N(C)C(=O)CN2CCN(C)CC2)cc1)c1ccccc1. The van der Waals surface area contributed by atoms with Crippen LogP contribution in [-0.4, -0.2) is 156 Å². The molecule has 3 aromatic heterocycles. The summed E-state index contributed by atoms with van der Waals surface area (Å²) >= 11 is 5.59. The van der Waals surface area contributed by atoms with Crippen LogP contribution in [0.5, 0.6) is 11.5 Å². The third-order valence-electron chi connectivity index (χ3n) is 23.4. The molecule has 131 heavy (non-hydrogen) atoms. The number of amides is 2. The summed E-state index contributed by atoms with van der Waals surface area (Å²) in [5.41, 5.74) is 15.9. The molecule has 10 aromatic rings. The molecule has 1 saturated heterocycles. The Morgan fingerprint density at radius 2 is 1.40 bits per heavy atom. The number of benzene rings is 7. The van der Waals surface area contributed by atoms with Crippen molar-refractivity contribution in [3.8, 4) is 11.5 Å². The Morgan fingerprint density at radius 3 is 2.10 bits per heavy atom. The van der Waals surface area contributed by atoms with Crippen LogP contribution in [0.2, 0.25) is 5.02 Å². The minimum absolute atomic E-state index is 0. The lowest BCUT2D eigenvalue weighted by Gasteiger charge is -2.32. The zero-order valence-corrected chi connectivity index (χ0v) is 75.2. The molecule has 27 heteroatoms. The smallest absolute Gasteiger partial charge is 0.417 e. The zero-order chi connectivity index (χ0) is 93.1. The fraction of sp³-hybridized carbons (Fsp3) is 0.298. The number of ether oxygens (including phenoxy) is 2. The molecule has 7 aromatic carbocycles. The number of nitrogens with zero attached hydrogens (tertiary/aromatic N) is 7. The molecule has 682 valence electrons. The van der Waals surface area contributed by atoms with Gasteiger partial charge in [-0.3, -0.25) is 48.4 Å². The van der Waals surface area contributed by atoms with E-state index in [0.717, 1.165) is 150 Å². The van der Waals surface area contributed by atoms with Gasteiger partial charge in [0.15, 0.2) is 23.1 Å². The number of methoxy groups -OCH3 is 1. The molecule has 2 aliphatic heterocycles. The largest absolute Gasteiger partial charge is 0.465 e. The molecular formula is C104H109ClF5N11O10. The molecule has 21 nitrogen and oxygen atoms in total. The van der Waals surface area contributed by atoms with E-state index in [1.807, 2.05) is 105 Å². The molecule has 0 spiro atoms. The Morgan fingerprint density at radius 1 is 0.679 bits per heavy atom. The van der Waals surface area contributed by atoms with Gasteiger partial charge in [0.05, 0.1) is 41.1 Å². The molecule has 15 rings (SSSR count). The zero-order valence-electron chi connectivity index (χ0n) is 74.4. The van der Waals surface area contributed by atoms with Crippen molar-refractivity contribution in [3.05, 3.63) is 324 Å². The van der Waals surface area contributed by atoms with E-state index in [2.05, 4.69) is 91.7 Å². The highest BCUT2D eigenvalue weighted by molar-refractivity contribution is 6.33. The molecule has 0 radical (unpaired) electrons. The lowest BCUT2D eigenvalue weighted by Crippen LogP contribution is -2.48. The van der Waals surface area contributed by atoms with Gasteiger partial charge in [0, 0.05) is 167 Å². The second-order valence-corrected chi connectivity index (χ2v) is 33.5. The summed E-state index contributed by atoms with van der Waals surface area (Å²) < 4.78 is 77.6. The molecule has 0 saturated carbocycles. The average Bonchev–Trinajstić information content (AvgIpc) is 1.64. The fourth-order valence-electron chi connectivity index (χ4n) is 16.0. The third kappa shape index (κ3) is 25.4. The number of allylic oxidation sites excluding steroid dienone is 7. The van der Waals surface area contributed by atoms with E-state index >= 15 is 0 Å². The predicted molar refractivity (Wildman–Crippen MR) is 505 cm³/mol. The number of hydrogen-bond acceptors (Lipinski definition) is 19. The first-order chi connectivity index (χ1) is 62.3. The molecule has 5 heterocycles. The number of hydrogen-bond donors (Lipinski definition) is 4. The number of esters is 1. The third-order valence-corrected chi connectivity index (χ3v) is 23.8. The Balaban J connectivity index is 0.000000170. The molecule has 1 fully saturated rings. The maximum absolute atomic E-state index is 14.5. The Hall–Kier alpha value is -13.3. The van der Waals surface area contributed by atoms with Crippen molar-refractivity contribution in [1.82, 2.24) is 29.7 Å². The fourth-order valence-corrected chi connectivity index (χ4v) is 16.3. The van der Waals surface area contributed by atoms with Gasteiger partial charge in [-0.15, -0.1) is 0 Å². The minimum Gasteiger partial charge on any atom is -0.465 e. The number of anilines is 5. The minimum atomic E-state index is -4.64. The van der Waals surface area contributed by atoms with Crippen LogP contribution >= 0.6 is 11.6 Å². The van der Waals surface area contributed by atoms with Crippen LogP contribution in [0, 0.1) is 11.6 Å². The Labute approximate surface area is 766 Å². The maximum Gasteiger partial charge on any atom is 0.417 e. The number of pyridine rings is 3. The van der Waals surface area contributed by atoms with Gasteiger partial charge in [-0.1, -0.05) is 120 Å². The van der Waals surface area contributed by atoms with Crippen LogP contribution in [0.4, 0.5) is 50.5 Å². The summed E-state index contributed by atoms with van der Waals surface area (Å²) in [6.45, 7) is 22.9. The van der Waals surface area contributed by atoms with Crippen LogP contribution in [0.3, 0.4) is 0 Å². The van der Waals surface area contributed by atoms with E-state index in [1.165, 1.54) is 61.3 Å². The van der Waals surface area contributed by atoms with Gasteiger partial charge in [0.25, 0.3) is 5.91 Å². The number of ketones is 5. The van der Waals surface area contributed by atoms with Crippen molar-refractivity contribution in [2.24, 2.45) is 0 Å². The van der Waals surface area contributed by atoms with Crippen LogP contribution in [-0.2, 0) is 72.5 Å². The van der Waals surface area contributed by atoms with Crippen molar-refractivity contribution in [2.75, 3.05) is 106 Å². The van der Waals surface area contributed by atoms with E-state index < -0.39 is 34.3 Å². The number of carbonyl (C=O) groups excluding carboxylic acids is 8. The highest BCUT2D eigenvalue weighted by Crippen LogP contribution is 2.43. The quantitative estimate of drug-likeness (QED) is 0.0154. The molecule has 5 aliphatic rings. The molecule has 0 unspecified atom stereocenters. The first-order valence-electron chi connectivity index (χ1n) is 43.2. The number of aromatic nitrogens is 3. The first-order valence-corrected chi connectivity index (χ1v) is 43.5. The van der Waals surface area contributed by atoms with E-state index in [9.17, 15) is 60.3 Å². The molecule has 2 amide bonds. The van der Waals surface area contributed by atoms with Gasteiger partial charge in [-0.05, 0) is 230 Å². The second kappa shape index (κ2) is 44.8. The molecule has 3 aliphatic carbocycles. The predicted octanol–water partition coefficient (Wildman–Crippen LogP) is 20.2. The van der Waals surface area contributed by atoms with Gasteiger partial charge >= 0.3 is 12.1 Å². The number of likely N-dealkylation sites (N-methyl/N-ethyl adjacent to an activating group) is 2. The van der Waals surface area contributed by atoms with E-state index in [4.69, 9.17) is 21.1 Å². The van der Waals surface area contributed by atoms with Gasteiger partial charge < -0.3 is 45.4 Å². The number of Topliss-reactive ketones (excluding diaryl/α,β-unsaturated/α-hetero) is 5. The van der Waals surface area contributed by atoms with Gasteiger partial charge in [0.1, 0.15) is 40.4 Å². The van der Waals surface area contributed by atoms with Crippen molar-refractivity contribution < 1.29 is 69.8 Å². The summed E-state index contributed by atoms with van der Waals surface area (Å²) in [5.74, 6) is -1.05. The van der Waals surface area contributed by atoms with Crippen molar-refractivity contribution in [2.45, 2.75) is 125 Å². The first kappa shape index (κ1) is 98.3. The number of carbonyl (C=O) groups is 8. The summed E-state index contributed by atoms with van der Waals surface area (Å²) in [6, 6.07) is 50.6. The summed E-state index contributed by atoms with van der Waals surface area (Å²) in [5, 5.41) is 12.6. The van der Waals surface area contributed by atoms with E-state index in [-0.39, 0.29) is 102 Å². The van der Waals surface area contributed by atoms with E-state index in [1.54, 1.807) is 67.8 Å². The molecule has 4 N–H and O–H groups in total.